The van der Waals surface area contributed by atoms with Crippen LogP contribution in [0.3, 0.4) is 0 Å². The standard InChI is InChI=1S/C11H21NO5/c1-3-5-7-9-17-11(10(13)14,12(15)16)8-6-4-2/h3-9H2,1-2H3,(H,13,14). The Kier molecular flexibility index (Phi) is 7.45. The Bertz CT molecular complexity index is 240. The van der Waals surface area contributed by atoms with Gasteiger partial charge in [-0.2, -0.15) is 0 Å². The Morgan fingerprint density at radius 2 is 1.88 bits per heavy atom. The number of aliphatic carboxylic acids is 1. The molecule has 0 aromatic rings. The molecule has 0 aromatic carbocycles. The van der Waals surface area contributed by atoms with Crippen molar-refractivity contribution in [3.05, 3.63) is 10.1 Å². The Labute approximate surface area is 101 Å². The van der Waals surface area contributed by atoms with E-state index >= 15 is 0 Å². The van der Waals surface area contributed by atoms with Crippen LogP contribution in [0, 0.1) is 10.1 Å². The maximum Gasteiger partial charge on any atom is 0.422 e. The van der Waals surface area contributed by atoms with Crippen LogP contribution < -0.4 is 0 Å². The molecular formula is C11H21NO5. The van der Waals surface area contributed by atoms with E-state index in [-0.39, 0.29) is 13.0 Å². The fourth-order valence-corrected chi connectivity index (χ4v) is 1.47. The minimum atomic E-state index is -2.26. The molecule has 0 rings (SSSR count). The highest BCUT2D eigenvalue weighted by Crippen LogP contribution is 2.21. The summed E-state index contributed by atoms with van der Waals surface area (Å²) in [5, 5.41) is 19.9. The molecule has 0 saturated heterocycles. The normalized spacial score (nSPS) is 14.2. The van der Waals surface area contributed by atoms with E-state index in [2.05, 4.69) is 0 Å². The lowest BCUT2D eigenvalue weighted by Gasteiger charge is -2.20. The number of nitrogens with zero attached hydrogens (tertiary/aromatic N) is 1. The summed E-state index contributed by atoms with van der Waals surface area (Å²) in [5.41, 5.74) is -2.26. The molecule has 0 spiro atoms. The molecule has 0 aliphatic carbocycles. The summed E-state index contributed by atoms with van der Waals surface area (Å²) >= 11 is 0. The van der Waals surface area contributed by atoms with Gasteiger partial charge in [-0.05, 0) is 12.8 Å². The maximum absolute atomic E-state index is 11.1. The Morgan fingerprint density at radius 1 is 1.29 bits per heavy atom. The van der Waals surface area contributed by atoms with Crippen molar-refractivity contribution in [2.75, 3.05) is 6.61 Å². The SMILES string of the molecule is CCCCCOC(CCCC)(C(=O)O)[N+](=O)[O-]. The van der Waals surface area contributed by atoms with Gasteiger partial charge in [-0.25, -0.2) is 4.79 Å². The van der Waals surface area contributed by atoms with E-state index in [1.807, 2.05) is 13.8 Å². The highest BCUT2D eigenvalue weighted by Gasteiger charge is 2.52. The number of rotatable bonds is 10. The summed E-state index contributed by atoms with van der Waals surface area (Å²) in [7, 11) is 0. The van der Waals surface area contributed by atoms with Crippen LogP contribution in [-0.2, 0) is 9.53 Å². The fraction of sp³-hybridized carbons (Fsp3) is 0.909. The molecule has 1 atom stereocenters. The van der Waals surface area contributed by atoms with Crippen molar-refractivity contribution in [2.24, 2.45) is 0 Å². The second-order valence-electron chi connectivity index (χ2n) is 4.01. The average molecular weight is 247 g/mol. The number of hydrogen-bond donors (Lipinski definition) is 1. The molecule has 17 heavy (non-hydrogen) atoms. The highest BCUT2D eigenvalue weighted by molar-refractivity contribution is 5.75. The fourth-order valence-electron chi connectivity index (χ4n) is 1.47. The minimum absolute atomic E-state index is 0.0854. The van der Waals surface area contributed by atoms with Gasteiger partial charge in [-0.1, -0.05) is 33.1 Å². The summed E-state index contributed by atoms with van der Waals surface area (Å²) < 4.78 is 5.06. The van der Waals surface area contributed by atoms with Crippen molar-refractivity contribution >= 4 is 5.97 Å². The summed E-state index contributed by atoms with van der Waals surface area (Å²) in [6.45, 7) is 3.96. The summed E-state index contributed by atoms with van der Waals surface area (Å²) in [5.74, 6) is -1.51. The van der Waals surface area contributed by atoms with Crippen molar-refractivity contribution in [2.45, 2.75) is 58.1 Å². The predicted molar refractivity (Wildman–Crippen MR) is 62.4 cm³/mol. The zero-order valence-corrected chi connectivity index (χ0v) is 10.5. The van der Waals surface area contributed by atoms with Crippen LogP contribution in [0.15, 0.2) is 0 Å². The first-order valence-electron chi connectivity index (χ1n) is 6.03. The van der Waals surface area contributed by atoms with E-state index in [1.165, 1.54) is 0 Å². The molecular weight excluding hydrogens is 226 g/mol. The van der Waals surface area contributed by atoms with Crippen molar-refractivity contribution in [3.8, 4) is 0 Å². The monoisotopic (exact) mass is 247 g/mol. The third-order valence-electron chi connectivity index (χ3n) is 2.59. The molecule has 6 nitrogen and oxygen atoms in total. The van der Waals surface area contributed by atoms with Crippen molar-refractivity contribution in [1.29, 1.82) is 0 Å². The molecule has 0 aliphatic rings. The first-order valence-corrected chi connectivity index (χ1v) is 6.03. The lowest BCUT2D eigenvalue weighted by atomic mass is 10.1. The second kappa shape index (κ2) is 8.00. The molecule has 0 heterocycles. The predicted octanol–water partition coefficient (Wildman–Crippen LogP) is 2.44. The van der Waals surface area contributed by atoms with E-state index in [0.29, 0.717) is 19.3 Å². The smallest absolute Gasteiger partial charge is 0.422 e. The van der Waals surface area contributed by atoms with Crippen LogP contribution in [-0.4, -0.2) is 28.3 Å². The number of carboxylic acids is 1. The molecule has 0 fully saturated rings. The van der Waals surface area contributed by atoms with Crippen LogP contribution in [0.5, 0.6) is 0 Å². The van der Waals surface area contributed by atoms with Crippen molar-refractivity contribution in [3.63, 3.8) is 0 Å². The summed E-state index contributed by atoms with van der Waals surface area (Å²) in [6, 6.07) is 0. The number of nitro groups is 1. The zero-order valence-electron chi connectivity index (χ0n) is 10.5. The van der Waals surface area contributed by atoms with Gasteiger partial charge in [0.1, 0.15) is 0 Å². The maximum atomic E-state index is 11.1. The number of hydrogen-bond acceptors (Lipinski definition) is 4. The number of carboxylic acid groups (broad SMARTS) is 1. The molecule has 0 amide bonds. The number of unbranched alkanes of at least 4 members (excludes halogenated alkanes) is 3. The largest absolute Gasteiger partial charge is 0.474 e. The van der Waals surface area contributed by atoms with Crippen LogP contribution >= 0.6 is 0 Å². The molecule has 6 heteroatoms. The molecule has 1 N–H and O–H groups in total. The Hall–Kier alpha value is -1.17. The van der Waals surface area contributed by atoms with Crippen LogP contribution in [0.2, 0.25) is 0 Å². The quantitative estimate of drug-likeness (QED) is 0.277. The molecule has 0 saturated carbocycles. The number of ether oxygens (including phenoxy) is 1. The molecule has 0 radical (unpaired) electrons. The summed E-state index contributed by atoms with van der Waals surface area (Å²) in [4.78, 5) is 21.2. The van der Waals surface area contributed by atoms with Gasteiger partial charge in [-0.15, -0.1) is 0 Å². The third kappa shape index (κ3) is 4.68. The number of carbonyl (C=O) groups is 1. The zero-order chi connectivity index (χ0) is 13.3. The van der Waals surface area contributed by atoms with Crippen LogP contribution in [0.4, 0.5) is 0 Å². The Balaban J connectivity index is 4.56. The van der Waals surface area contributed by atoms with Gasteiger partial charge in [0, 0.05) is 0 Å². The molecule has 0 bridgehead atoms. The van der Waals surface area contributed by atoms with Gasteiger partial charge < -0.3 is 9.84 Å². The first kappa shape index (κ1) is 15.8. The van der Waals surface area contributed by atoms with E-state index in [0.717, 1.165) is 12.8 Å². The first-order chi connectivity index (χ1) is 8.01. The van der Waals surface area contributed by atoms with Gasteiger partial charge in [0.2, 0.25) is 0 Å². The summed E-state index contributed by atoms with van der Waals surface area (Å²) in [6.07, 6.45) is 3.55. The van der Waals surface area contributed by atoms with Crippen LogP contribution in [0.1, 0.15) is 52.4 Å². The topological polar surface area (TPSA) is 89.7 Å². The highest BCUT2D eigenvalue weighted by atomic mass is 16.7. The average Bonchev–Trinajstić information content (AvgIpc) is 2.27. The lowest BCUT2D eigenvalue weighted by molar-refractivity contribution is -0.614. The van der Waals surface area contributed by atoms with Gasteiger partial charge in [0.05, 0.1) is 18.0 Å². The van der Waals surface area contributed by atoms with Gasteiger partial charge in [0.25, 0.3) is 0 Å². The van der Waals surface area contributed by atoms with Crippen molar-refractivity contribution < 1.29 is 19.6 Å². The Morgan fingerprint density at radius 3 is 2.29 bits per heavy atom. The van der Waals surface area contributed by atoms with E-state index in [9.17, 15) is 14.9 Å². The van der Waals surface area contributed by atoms with Gasteiger partial charge in [-0.3, -0.25) is 10.1 Å². The van der Waals surface area contributed by atoms with E-state index in [1.54, 1.807) is 0 Å². The van der Waals surface area contributed by atoms with E-state index in [4.69, 9.17) is 9.84 Å². The van der Waals surface area contributed by atoms with Crippen LogP contribution in [0.25, 0.3) is 0 Å². The molecule has 0 aliphatic heterocycles. The molecule has 100 valence electrons. The van der Waals surface area contributed by atoms with E-state index < -0.39 is 16.6 Å². The molecule has 0 aromatic heterocycles. The second-order valence-corrected chi connectivity index (χ2v) is 4.01. The lowest BCUT2D eigenvalue weighted by Crippen LogP contribution is -2.49. The van der Waals surface area contributed by atoms with Gasteiger partial charge >= 0.3 is 11.7 Å². The van der Waals surface area contributed by atoms with Gasteiger partial charge in [0.15, 0.2) is 0 Å². The molecule has 1 unspecified atom stereocenters. The third-order valence-corrected chi connectivity index (χ3v) is 2.59. The minimum Gasteiger partial charge on any atom is -0.474 e. The van der Waals surface area contributed by atoms with Crippen molar-refractivity contribution in [1.82, 2.24) is 0 Å².